The van der Waals surface area contributed by atoms with Gasteiger partial charge in [0.15, 0.2) is 5.06 Å². The van der Waals surface area contributed by atoms with Crippen LogP contribution in [0.3, 0.4) is 0 Å². The lowest BCUT2D eigenvalue weighted by Gasteiger charge is -1.91. The summed E-state index contributed by atoms with van der Waals surface area (Å²) in [5.41, 5.74) is 0. The highest BCUT2D eigenvalue weighted by molar-refractivity contribution is 7.21. The summed E-state index contributed by atoms with van der Waals surface area (Å²) < 4.78 is 0.907. The second-order valence-electron chi connectivity index (χ2n) is 2.33. The van der Waals surface area contributed by atoms with Crippen molar-refractivity contribution in [3.63, 3.8) is 0 Å². The topological polar surface area (TPSA) is 20.2 Å². The van der Waals surface area contributed by atoms with Crippen molar-refractivity contribution in [3.05, 3.63) is 28.2 Å². The van der Waals surface area contributed by atoms with E-state index in [9.17, 15) is 5.11 Å². The lowest BCUT2D eigenvalue weighted by atomic mass is 10.3. The van der Waals surface area contributed by atoms with Crippen molar-refractivity contribution in [1.82, 2.24) is 0 Å². The van der Waals surface area contributed by atoms with Crippen molar-refractivity contribution in [1.29, 1.82) is 0 Å². The second kappa shape index (κ2) is 2.80. The van der Waals surface area contributed by atoms with Gasteiger partial charge in [-0.05, 0) is 12.1 Å². The summed E-state index contributed by atoms with van der Waals surface area (Å²) in [6.45, 7) is 0. The van der Waals surface area contributed by atoms with Gasteiger partial charge >= 0.3 is 0 Å². The van der Waals surface area contributed by atoms with Gasteiger partial charge in [0.25, 0.3) is 0 Å². The lowest BCUT2D eigenvalue weighted by molar-refractivity contribution is 0.491. The van der Waals surface area contributed by atoms with Gasteiger partial charge in [-0.25, -0.2) is 0 Å². The maximum Gasteiger partial charge on any atom is 0.191 e. The molecular weight excluding hydrogens is 215 g/mol. The van der Waals surface area contributed by atoms with Crippen LogP contribution in [-0.4, -0.2) is 5.11 Å². The summed E-state index contributed by atoms with van der Waals surface area (Å²) in [5.74, 6) is 0. The number of halogens is 2. The molecule has 0 aliphatic carbocycles. The van der Waals surface area contributed by atoms with Crippen molar-refractivity contribution in [2.45, 2.75) is 0 Å². The summed E-state index contributed by atoms with van der Waals surface area (Å²) in [7, 11) is 0. The molecule has 0 radical (unpaired) electrons. The molecule has 0 fully saturated rings. The maximum absolute atomic E-state index is 9.30. The van der Waals surface area contributed by atoms with E-state index in [1.165, 1.54) is 11.3 Å². The zero-order valence-electron chi connectivity index (χ0n) is 5.84. The minimum atomic E-state index is 0.125. The predicted octanol–water partition coefficient (Wildman–Crippen LogP) is 3.91. The Labute approximate surface area is 83.2 Å². The molecule has 0 saturated heterocycles. The molecule has 2 rings (SSSR count). The number of benzene rings is 1. The van der Waals surface area contributed by atoms with Crippen LogP contribution >= 0.6 is 34.5 Å². The maximum atomic E-state index is 9.30. The molecule has 0 unspecified atom stereocenters. The van der Waals surface area contributed by atoms with E-state index < -0.39 is 0 Å². The highest BCUT2D eigenvalue weighted by Crippen LogP contribution is 2.43. The van der Waals surface area contributed by atoms with E-state index in [1.54, 1.807) is 6.07 Å². The molecule has 0 amide bonds. The number of fused-ring (bicyclic) bond motifs is 1. The fourth-order valence-electron chi connectivity index (χ4n) is 1.06. The van der Waals surface area contributed by atoms with E-state index in [0.29, 0.717) is 10.0 Å². The Morgan fingerprint density at radius 1 is 1.25 bits per heavy atom. The van der Waals surface area contributed by atoms with Crippen LogP contribution in [0, 0.1) is 0 Å². The van der Waals surface area contributed by atoms with Crippen LogP contribution in [0.5, 0.6) is 5.06 Å². The molecule has 0 bridgehead atoms. The van der Waals surface area contributed by atoms with Crippen molar-refractivity contribution < 1.29 is 5.11 Å². The lowest BCUT2D eigenvalue weighted by Crippen LogP contribution is -1.65. The first-order chi connectivity index (χ1) is 5.70. The van der Waals surface area contributed by atoms with Gasteiger partial charge in [0.1, 0.15) is 5.02 Å². The minimum Gasteiger partial charge on any atom is -0.498 e. The molecule has 12 heavy (non-hydrogen) atoms. The fraction of sp³-hybridized carbons (Fsp3) is 0. The third kappa shape index (κ3) is 1.07. The van der Waals surface area contributed by atoms with Crippen molar-refractivity contribution >= 4 is 44.6 Å². The Morgan fingerprint density at radius 2 is 2.00 bits per heavy atom. The molecular formula is C8H4Cl2OS. The molecule has 1 aromatic carbocycles. The van der Waals surface area contributed by atoms with E-state index >= 15 is 0 Å². The monoisotopic (exact) mass is 218 g/mol. The molecule has 0 saturated carbocycles. The predicted molar refractivity (Wildman–Crippen MR) is 53.5 cm³/mol. The summed E-state index contributed by atoms with van der Waals surface area (Å²) in [4.78, 5) is 0. The summed E-state index contributed by atoms with van der Waals surface area (Å²) in [5, 5.41) is 11.1. The smallest absolute Gasteiger partial charge is 0.191 e. The molecule has 0 aliphatic rings. The van der Waals surface area contributed by atoms with Crippen molar-refractivity contribution in [2.75, 3.05) is 0 Å². The number of rotatable bonds is 0. The van der Waals surface area contributed by atoms with Gasteiger partial charge in [-0.15, -0.1) is 0 Å². The Hall–Kier alpha value is -0.440. The third-order valence-electron chi connectivity index (χ3n) is 1.59. The van der Waals surface area contributed by atoms with Gasteiger partial charge in [0.2, 0.25) is 0 Å². The van der Waals surface area contributed by atoms with Crippen LogP contribution in [0.2, 0.25) is 10.0 Å². The summed E-state index contributed by atoms with van der Waals surface area (Å²) in [6.07, 6.45) is 0. The first-order valence-corrected chi connectivity index (χ1v) is 4.83. The van der Waals surface area contributed by atoms with Crippen LogP contribution in [0.1, 0.15) is 0 Å². The third-order valence-corrected chi connectivity index (χ3v) is 3.34. The average molecular weight is 219 g/mol. The molecule has 1 N–H and O–H groups in total. The number of thiophene rings is 1. The van der Waals surface area contributed by atoms with Crippen LogP contribution < -0.4 is 0 Å². The van der Waals surface area contributed by atoms with Gasteiger partial charge < -0.3 is 5.11 Å². The summed E-state index contributed by atoms with van der Waals surface area (Å²) >= 11 is 12.9. The first-order valence-electron chi connectivity index (χ1n) is 3.25. The zero-order chi connectivity index (χ0) is 8.72. The Morgan fingerprint density at radius 3 is 2.67 bits per heavy atom. The van der Waals surface area contributed by atoms with E-state index in [4.69, 9.17) is 23.2 Å². The van der Waals surface area contributed by atoms with Crippen LogP contribution in [0.4, 0.5) is 0 Å². The van der Waals surface area contributed by atoms with E-state index in [1.807, 2.05) is 12.1 Å². The molecule has 2 aromatic rings. The number of hydrogen-bond donors (Lipinski definition) is 1. The van der Waals surface area contributed by atoms with Gasteiger partial charge in [-0.1, -0.05) is 40.6 Å². The van der Waals surface area contributed by atoms with E-state index in [2.05, 4.69) is 0 Å². The molecule has 1 nitrogen and oxygen atoms in total. The largest absolute Gasteiger partial charge is 0.498 e. The van der Waals surface area contributed by atoms with Crippen molar-refractivity contribution in [3.8, 4) is 5.06 Å². The molecule has 0 aliphatic heterocycles. The number of aromatic hydroxyl groups is 1. The van der Waals surface area contributed by atoms with Gasteiger partial charge in [-0.3, -0.25) is 0 Å². The molecule has 1 aromatic heterocycles. The Bertz CT molecular complexity index is 436. The Kier molecular flexibility index (Phi) is 1.91. The Balaban J connectivity index is 2.97. The highest BCUT2D eigenvalue weighted by Gasteiger charge is 2.10. The molecule has 0 spiro atoms. The van der Waals surface area contributed by atoms with Crippen LogP contribution in [-0.2, 0) is 0 Å². The minimum absolute atomic E-state index is 0.125. The normalized spacial score (nSPS) is 10.8. The molecule has 1 heterocycles. The molecule has 62 valence electrons. The van der Waals surface area contributed by atoms with Crippen LogP contribution in [0.15, 0.2) is 18.2 Å². The van der Waals surface area contributed by atoms with E-state index in [-0.39, 0.29) is 5.06 Å². The molecule has 4 heteroatoms. The van der Waals surface area contributed by atoms with Gasteiger partial charge in [0, 0.05) is 10.1 Å². The second-order valence-corrected chi connectivity index (χ2v) is 4.15. The molecule has 0 atom stereocenters. The highest BCUT2D eigenvalue weighted by atomic mass is 35.5. The number of hydrogen-bond acceptors (Lipinski definition) is 2. The average Bonchev–Trinajstić information content (AvgIpc) is 2.29. The van der Waals surface area contributed by atoms with Crippen LogP contribution in [0.25, 0.3) is 10.1 Å². The first kappa shape index (κ1) is 8.17. The standard InChI is InChI=1S/C8H4Cl2OS/c9-4-2-1-3-5-6(4)7(10)8(11)12-5/h1-3,11H. The van der Waals surface area contributed by atoms with Gasteiger partial charge in [-0.2, -0.15) is 0 Å². The van der Waals surface area contributed by atoms with Gasteiger partial charge in [0.05, 0.1) is 5.02 Å². The van der Waals surface area contributed by atoms with E-state index in [0.717, 1.165) is 10.1 Å². The SMILES string of the molecule is Oc1sc2cccc(Cl)c2c1Cl. The summed E-state index contributed by atoms with van der Waals surface area (Å²) in [6, 6.07) is 5.45. The fourth-order valence-corrected chi connectivity index (χ4v) is 2.67. The quantitative estimate of drug-likeness (QED) is 0.711. The zero-order valence-corrected chi connectivity index (χ0v) is 8.17. The van der Waals surface area contributed by atoms with Crippen molar-refractivity contribution in [2.24, 2.45) is 0 Å².